The van der Waals surface area contributed by atoms with Crippen LogP contribution in [0.25, 0.3) is 0 Å². The maximum Gasteiger partial charge on any atom is 0.292 e. The molecule has 0 fully saturated rings. The standard InChI is InChI=1S/C11H11Cl2N5O/c1-5-9(14)10(17-15-5)11(19)18-16-8-3-2-6(12)4-7(8)13/h2-4,16H,14H2,1H3,(H,15,17)(H,18,19). The molecule has 19 heavy (non-hydrogen) atoms. The molecule has 6 nitrogen and oxygen atoms in total. The normalized spacial score (nSPS) is 10.3. The SMILES string of the molecule is Cc1[nH]nc(C(=O)NNc2ccc(Cl)cc2Cl)c1N. The number of hydrogen-bond donors (Lipinski definition) is 4. The molecular weight excluding hydrogens is 289 g/mol. The van der Waals surface area contributed by atoms with E-state index in [9.17, 15) is 4.79 Å². The van der Waals surface area contributed by atoms with Crippen LogP contribution in [0, 0.1) is 6.92 Å². The van der Waals surface area contributed by atoms with Crippen LogP contribution in [-0.2, 0) is 0 Å². The number of amides is 1. The monoisotopic (exact) mass is 299 g/mol. The van der Waals surface area contributed by atoms with E-state index in [0.29, 0.717) is 27.1 Å². The Morgan fingerprint density at radius 2 is 2.16 bits per heavy atom. The first-order valence-corrected chi connectivity index (χ1v) is 6.06. The van der Waals surface area contributed by atoms with Gasteiger partial charge in [0, 0.05) is 5.02 Å². The molecule has 8 heteroatoms. The van der Waals surface area contributed by atoms with Crippen molar-refractivity contribution in [2.75, 3.05) is 11.2 Å². The lowest BCUT2D eigenvalue weighted by Gasteiger charge is -2.09. The van der Waals surface area contributed by atoms with Gasteiger partial charge in [-0.2, -0.15) is 5.10 Å². The van der Waals surface area contributed by atoms with Crippen LogP contribution in [-0.4, -0.2) is 16.1 Å². The fraction of sp³-hybridized carbons (Fsp3) is 0.0909. The van der Waals surface area contributed by atoms with Crippen LogP contribution >= 0.6 is 23.2 Å². The Hall–Kier alpha value is -1.92. The number of hydrazine groups is 1. The minimum absolute atomic E-state index is 0.120. The Labute approximate surface area is 119 Å². The highest BCUT2D eigenvalue weighted by Crippen LogP contribution is 2.24. The Morgan fingerprint density at radius 3 is 2.74 bits per heavy atom. The summed E-state index contributed by atoms with van der Waals surface area (Å²) in [6, 6.07) is 4.85. The summed E-state index contributed by atoms with van der Waals surface area (Å²) in [4.78, 5) is 11.8. The average molecular weight is 300 g/mol. The highest BCUT2D eigenvalue weighted by molar-refractivity contribution is 6.36. The molecule has 0 spiro atoms. The maximum atomic E-state index is 11.8. The molecule has 0 radical (unpaired) electrons. The number of aryl methyl sites for hydroxylation is 1. The number of halogens is 2. The molecule has 1 heterocycles. The van der Waals surface area contributed by atoms with E-state index in [4.69, 9.17) is 28.9 Å². The van der Waals surface area contributed by atoms with Gasteiger partial charge in [0.25, 0.3) is 5.91 Å². The first-order chi connectivity index (χ1) is 8.99. The number of carbonyl (C=O) groups is 1. The summed E-state index contributed by atoms with van der Waals surface area (Å²) in [7, 11) is 0. The Morgan fingerprint density at radius 1 is 1.42 bits per heavy atom. The lowest BCUT2D eigenvalue weighted by atomic mass is 10.3. The lowest BCUT2D eigenvalue weighted by Crippen LogP contribution is -2.30. The van der Waals surface area contributed by atoms with Crippen molar-refractivity contribution < 1.29 is 4.79 Å². The van der Waals surface area contributed by atoms with Crippen molar-refractivity contribution in [2.24, 2.45) is 0 Å². The smallest absolute Gasteiger partial charge is 0.292 e. The van der Waals surface area contributed by atoms with Gasteiger partial charge in [-0.1, -0.05) is 23.2 Å². The van der Waals surface area contributed by atoms with Gasteiger partial charge in [0.15, 0.2) is 5.69 Å². The van der Waals surface area contributed by atoms with Gasteiger partial charge >= 0.3 is 0 Å². The fourth-order valence-corrected chi connectivity index (χ4v) is 1.84. The van der Waals surface area contributed by atoms with Crippen LogP contribution in [0.1, 0.15) is 16.2 Å². The highest BCUT2D eigenvalue weighted by Gasteiger charge is 2.15. The number of nitrogens with one attached hydrogen (secondary N) is 3. The zero-order chi connectivity index (χ0) is 14.0. The molecule has 1 aromatic carbocycles. The first kappa shape index (κ1) is 13.5. The summed E-state index contributed by atoms with van der Waals surface area (Å²) in [5, 5.41) is 7.33. The average Bonchev–Trinajstić information content (AvgIpc) is 2.69. The number of benzene rings is 1. The molecular formula is C11H11Cl2N5O. The maximum absolute atomic E-state index is 11.8. The molecule has 1 amide bonds. The van der Waals surface area contributed by atoms with Gasteiger partial charge < -0.3 is 5.73 Å². The second-order valence-electron chi connectivity index (χ2n) is 3.81. The molecule has 2 aromatic rings. The lowest BCUT2D eigenvalue weighted by molar-refractivity contribution is 0.0958. The van der Waals surface area contributed by atoms with Crippen LogP contribution in [0.3, 0.4) is 0 Å². The van der Waals surface area contributed by atoms with E-state index >= 15 is 0 Å². The second kappa shape index (κ2) is 5.38. The van der Waals surface area contributed by atoms with Crippen LogP contribution in [0.4, 0.5) is 11.4 Å². The van der Waals surface area contributed by atoms with E-state index < -0.39 is 5.91 Å². The number of nitrogen functional groups attached to an aromatic ring is 1. The fourth-order valence-electron chi connectivity index (χ4n) is 1.39. The molecule has 0 atom stereocenters. The zero-order valence-corrected chi connectivity index (χ0v) is 11.4. The number of H-pyrrole nitrogens is 1. The van der Waals surface area contributed by atoms with Crippen LogP contribution in [0.2, 0.25) is 10.0 Å². The number of carbonyl (C=O) groups excluding carboxylic acids is 1. The van der Waals surface area contributed by atoms with Gasteiger partial charge in [-0.05, 0) is 25.1 Å². The Balaban J connectivity index is 2.06. The van der Waals surface area contributed by atoms with Crippen molar-refractivity contribution in [1.82, 2.24) is 15.6 Å². The number of nitrogens with zero attached hydrogens (tertiary/aromatic N) is 1. The van der Waals surface area contributed by atoms with Gasteiger partial charge in [0.05, 0.1) is 22.1 Å². The molecule has 0 aliphatic carbocycles. The van der Waals surface area contributed by atoms with E-state index in [0.717, 1.165) is 0 Å². The minimum atomic E-state index is -0.465. The number of aromatic nitrogens is 2. The number of rotatable bonds is 3. The molecule has 0 saturated heterocycles. The van der Waals surface area contributed by atoms with Crippen molar-refractivity contribution in [3.63, 3.8) is 0 Å². The third-order valence-corrected chi connectivity index (χ3v) is 3.00. The third-order valence-electron chi connectivity index (χ3n) is 2.45. The molecule has 0 saturated carbocycles. The molecule has 1 aromatic heterocycles. The third kappa shape index (κ3) is 2.91. The minimum Gasteiger partial charge on any atom is -0.395 e. The van der Waals surface area contributed by atoms with Crippen LogP contribution in [0.15, 0.2) is 18.2 Å². The first-order valence-electron chi connectivity index (χ1n) is 5.31. The predicted octanol–water partition coefficient (Wildman–Crippen LogP) is 2.36. The summed E-state index contributed by atoms with van der Waals surface area (Å²) in [6.45, 7) is 1.72. The Bertz CT molecular complexity index is 626. The largest absolute Gasteiger partial charge is 0.395 e. The van der Waals surface area contributed by atoms with Crippen LogP contribution < -0.4 is 16.6 Å². The van der Waals surface area contributed by atoms with Crippen molar-refractivity contribution in [3.8, 4) is 0 Å². The van der Waals surface area contributed by atoms with Crippen LogP contribution in [0.5, 0.6) is 0 Å². The number of anilines is 2. The summed E-state index contributed by atoms with van der Waals surface area (Å²) in [5.41, 5.74) is 12.4. The van der Waals surface area contributed by atoms with Gasteiger partial charge in [0.2, 0.25) is 0 Å². The molecule has 0 aliphatic rings. The van der Waals surface area contributed by atoms with E-state index in [2.05, 4.69) is 21.0 Å². The molecule has 0 unspecified atom stereocenters. The molecule has 100 valence electrons. The van der Waals surface area contributed by atoms with E-state index in [1.54, 1.807) is 25.1 Å². The zero-order valence-electron chi connectivity index (χ0n) is 9.92. The molecule has 0 aliphatic heterocycles. The van der Waals surface area contributed by atoms with Crippen molar-refractivity contribution in [1.29, 1.82) is 0 Å². The van der Waals surface area contributed by atoms with Gasteiger partial charge in [-0.15, -0.1) is 0 Å². The van der Waals surface area contributed by atoms with E-state index in [-0.39, 0.29) is 5.69 Å². The summed E-state index contributed by atoms with van der Waals surface area (Å²) < 4.78 is 0. The Kier molecular flexibility index (Phi) is 3.82. The quantitative estimate of drug-likeness (QED) is 0.654. The topological polar surface area (TPSA) is 95.8 Å². The second-order valence-corrected chi connectivity index (χ2v) is 4.66. The molecule has 5 N–H and O–H groups in total. The predicted molar refractivity (Wildman–Crippen MR) is 75.3 cm³/mol. The summed E-state index contributed by atoms with van der Waals surface area (Å²) in [5.74, 6) is -0.465. The highest BCUT2D eigenvalue weighted by atomic mass is 35.5. The van der Waals surface area contributed by atoms with Gasteiger partial charge in [-0.25, -0.2) is 0 Å². The van der Waals surface area contributed by atoms with E-state index in [1.165, 1.54) is 0 Å². The summed E-state index contributed by atoms with van der Waals surface area (Å²) in [6.07, 6.45) is 0. The molecule has 0 bridgehead atoms. The van der Waals surface area contributed by atoms with Crippen molar-refractivity contribution in [3.05, 3.63) is 39.6 Å². The van der Waals surface area contributed by atoms with Gasteiger partial charge in [-0.3, -0.25) is 20.7 Å². The number of aromatic amines is 1. The van der Waals surface area contributed by atoms with Crippen molar-refractivity contribution in [2.45, 2.75) is 6.92 Å². The molecule has 2 rings (SSSR count). The van der Waals surface area contributed by atoms with Gasteiger partial charge in [0.1, 0.15) is 0 Å². The van der Waals surface area contributed by atoms with Crippen molar-refractivity contribution >= 4 is 40.5 Å². The summed E-state index contributed by atoms with van der Waals surface area (Å²) >= 11 is 11.7. The number of nitrogens with two attached hydrogens (primary N) is 1. The van der Waals surface area contributed by atoms with E-state index in [1.807, 2.05) is 0 Å². The number of hydrogen-bond acceptors (Lipinski definition) is 4.